The molecule has 3 rings (SSSR count). The highest BCUT2D eigenvalue weighted by molar-refractivity contribution is 6.11. The number of benzene rings is 1. The summed E-state index contributed by atoms with van der Waals surface area (Å²) in [5.41, 5.74) is 0.751. The van der Waals surface area contributed by atoms with E-state index in [2.05, 4.69) is 0 Å². The number of nitrogens with zero attached hydrogens (tertiary/aromatic N) is 1. The maximum absolute atomic E-state index is 13.4. The van der Waals surface area contributed by atoms with Crippen LogP contribution in [0.4, 0.5) is 5.69 Å². The van der Waals surface area contributed by atoms with Crippen LogP contribution in [0.15, 0.2) is 47.6 Å². The van der Waals surface area contributed by atoms with Crippen LogP contribution in [0.3, 0.4) is 0 Å². The number of esters is 1. The molecule has 0 radical (unpaired) electrons. The fraction of sp³-hybridized carbons (Fsp3) is 0.520. The molecule has 31 heavy (non-hydrogen) atoms. The van der Waals surface area contributed by atoms with Crippen molar-refractivity contribution in [2.45, 2.75) is 54.4 Å². The van der Waals surface area contributed by atoms with E-state index in [1.165, 1.54) is 12.1 Å². The van der Waals surface area contributed by atoms with Crippen LogP contribution in [-0.4, -0.2) is 23.3 Å². The Labute approximate surface area is 183 Å². The molecule has 0 unspecified atom stereocenters. The van der Waals surface area contributed by atoms with Crippen LogP contribution < -0.4 is 0 Å². The first-order valence-corrected chi connectivity index (χ1v) is 10.7. The fourth-order valence-corrected chi connectivity index (χ4v) is 4.57. The minimum atomic E-state index is -0.679. The van der Waals surface area contributed by atoms with Crippen molar-refractivity contribution in [3.8, 4) is 0 Å². The van der Waals surface area contributed by atoms with Crippen molar-refractivity contribution in [1.82, 2.24) is 0 Å². The molecule has 0 aliphatic heterocycles. The molecule has 6 nitrogen and oxygen atoms in total. The Morgan fingerprint density at radius 1 is 1.03 bits per heavy atom. The molecule has 1 spiro atoms. The fourth-order valence-electron chi connectivity index (χ4n) is 4.57. The lowest BCUT2D eigenvalue weighted by Crippen LogP contribution is -2.31. The first kappa shape index (κ1) is 22.9. The Hall–Kier alpha value is -2.76. The topological polar surface area (TPSA) is 86.5 Å². The van der Waals surface area contributed by atoms with E-state index >= 15 is 0 Å². The number of Topliss-reactive ketones (excluding diaryl/α,β-unsaturated/α-hetero) is 1. The van der Waals surface area contributed by atoms with Gasteiger partial charge in [0.1, 0.15) is 0 Å². The summed E-state index contributed by atoms with van der Waals surface area (Å²) >= 11 is 0. The summed E-state index contributed by atoms with van der Waals surface area (Å²) in [6.45, 7) is 14.0. The van der Waals surface area contributed by atoms with Crippen molar-refractivity contribution in [3.05, 3.63) is 63.2 Å². The molecule has 0 bridgehead atoms. The maximum Gasteiger partial charge on any atom is 0.310 e. The average Bonchev–Trinajstić information content (AvgIpc) is 3.29. The van der Waals surface area contributed by atoms with Crippen LogP contribution in [0, 0.1) is 32.3 Å². The summed E-state index contributed by atoms with van der Waals surface area (Å²) < 4.78 is 5.38. The highest BCUT2D eigenvalue weighted by Crippen LogP contribution is 2.70. The lowest BCUT2D eigenvalue weighted by molar-refractivity contribution is -0.384. The van der Waals surface area contributed by atoms with Crippen molar-refractivity contribution < 1.29 is 19.2 Å². The van der Waals surface area contributed by atoms with Crippen molar-refractivity contribution in [1.29, 1.82) is 0 Å². The van der Waals surface area contributed by atoms with Gasteiger partial charge in [0.2, 0.25) is 0 Å². The van der Waals surface area contributed by atoms with Crippen molar-refractivity contribution in [2.75, 3.05) is 6.61 Å². The van der Waals surface area contributed by atoms with E-state index in [1.807, 2.05) is 53.7 Å². The third-order valence-corrected chi connectivity index (χ3v) is 6.20. The van der Waals surface area contributed by atoms with Crippen LogP contribution in [0.5, 0.6) is 0 Å². The Morgan fingerprint density at radius 2 is 1.52 bits per heavy atom. The van der Waals surface area contributed by atoms with Gasteiger partial charge in [0.05, 0.1) is 17.4 Å². The number of carbonyl (C=O) groups is 2. The zero-order chi connectivity index (χ0) is 23.4. The normalized spacial score (nSPS) is 22.6. The predicted octanol–water partition coefficient (Wildman–Crippen LogP) is 5.39. The second-order valence-electron chi connectivity index (χ2n) is 10.5. The van der Waals surface area contributed by atoms with Gasteiger partial charge in [0.25, 0.3) is 5.69 Å². The molecule has 2 atom stereocenters. The molecule has 2 aliphatic rings. The van der Waals surface area contributed by atoms with Gasteiger partial charge in [-0.05, 0) is 23.3 Å². The summed E-state index contributed by atoms with van der Waals surface area (Å²) in [7, 11) is 0. The maximum atomic E-state index is 13.4. The second kappa shape index (κ2) is 7.43. The van der Waals surface area contributed by atoms with Gasteiger partial charge < -0.3 is 4.74 Å². The number of nitro groups is 1. The van der Waals surface area contributed by atoms with Crippen LogP contribution in [0.1, 0.15) is 59.9 Å². The third kappa shape index (κ3) is 3.95. The van der Waals surface area contributed by atoms with Crippen molar-refractivity contribution >= 4 is 17.4 Å². The molecule has 1 aromatic rings. The number of ketones is 1. The number of hydrogen-bond acceptors (Lipinski definition) is 5. The molecule has 0 N–H and O–H groups in total. The van der Waals surface area contributed by atoms with E-state index in [-0.39, 0.29) is 30.0 Å². The number of hydrogen-bond donors (Lipinski definition) is 0. The highest BCUT2D eigenvalue weighted by atomic mass is 16.6. The second-order valence-corrected chi connectivity index (χ2v) is 10.5. The minimum absolute atomic E-state index is 0.00167. The standard InChI is InChI=1S/C25H31NO5/c1-8-31-22(28)20-19(15-9-11-16(12-10-15)26(29)30)25(20)13-17(23(2,3)4)21(27)18(14-25)24(5,6)7/h9-14,19-20H,8H2,1-7H3/t19-,20+/m0/s1. The van der Waals surface area contributed by atoms with Gasteiger partial charge in [-0.1, -0.05) is 65.8 Å². The van der Waals surface area contributed by atoms with Gasteiger partial charge in [-0.2, -0.15) is 0 Å². The summed E-state index contributed by atoms with van der Waals surface area (Å²) in [5, 5.41) is 11.1. The predicted molar refractivity (Wildman–Crippen MR) is 118 cm³/mol. The Balaban J connectivity index is 2.20. The number of allylic oxidation sites excluding steroid dienone is 4. The zero-order valence-electron chi connectivity index (χ0n) is 19.3. The Kier molecular flexibility index (Phi) is 5.49. The van der Waals surface area contributed by atoms with E-state index in [0.29, 0.717) is 11.1 Å². The number of rotatable bonds is 4. The van der Waals surface area contributed by atoms with Gasteiger partial charge in [-0.3, -0.25) is 19.7 Å². The molecule has 0 heterocycles. The van der Waals surface area contributed by atoms with Gasteiger partial charge in [-0.25, -0.2) is 0 Å². The number of non-ortho nitro benzene ring substituents is 1. The molecule has 0 aromatic heterocycles. The van der Waals surface area contributed by atoms with Crippen molar-refractivity contribution in [3.63, 3.8) is 0 Å². The lowest BCUT2D eigenvalue weighted by Gasteiger charge is -2.34. The van der Waals surface area contributed by atoms with Crippen molar-refractivity contribution in [2.24, 2.45) is 22.2 Å². The van der Waals surface area contributed by atoms with Gasteiger partial charge in [-0.15, -0.1) is 0 Å². The number of ether oxygens (including phenoxy) is 1. The smallest absolute Gasteiger partial charge is 0.310 e. The molecule has 6 heteroatoms. The lowest BCUT2D eigenvalue weighted by atomic mass is 9.69. The van der Waals surface area contributed by atoms with Gasteiger partial charge >= 0.3 is 5.97 Å². The van der Waals surface area contributed by atoms with Crippen LogP contribution in [0.2, 0.25) is 0 Å². The molecule has 0 amide bonds. The van der Waals surface area contributed by atoms with E-state index in [4.69, 9.17) is 4.74 Å². The van der Waals surface area contributed by atoms with E-state index < -0.39 is 27.1 Å². The molecule has 1 fully saturated rings. The number of nitro benzene ring substituents is 1. The molecule has 1 aromatic carbocycles. The molecular weight excluding hydrogens is 394 g/mol. The highest BCUT2D eigenvalue weighted by Gasteiger charge is 2.68. The summed E-state index contributed by atoms with van der Waals surface area (Å²) in [5.74, 6) is -1.01. The van der Waals surface area contributed by atoms with Gasteiger partial charge in [0, 0.05) is 34.6 Å². The Bertz CT molecular complexity index is 952. The quantitative estimate of drug-likeness (QED) is 0.367. The monoisotopic (exact) mass is 425 g/mol. The SMILES string of the molecule is CCOC(=O)[C@H]1[C@H](c2ccc([N+](=O)[O-])cc2)C12C=C(C(C)(C)C)C(=O)C(C(C)(C)C)=C2. The summed E-state index contributed by atoms with van der Waals surface area (Å²) in [6.07, 6.45) is 3.91. The molecular formula is C25H31NO5. The molecule has 1 saturated carbocycles. The molecule has 2 aliphatic carbocycles. The van der Waals surface area contributed by atoms with Crippen LogP contribution >= 0.6 is 0 Å². The van der Waals surface area contributed by atoms with Crippen LogP contribution in [-0.2, 0) is 14.3 Å². The first-order chi connectivity index (χ1) is 14.2. The van der Waals surface area contributed by atoms with E-state index in [1.54, 1.807) is 19.1 Å². The summed E-state index contributed by atoms with van der Waals surface area (Å²) in [4.78, 5) is 37.0. The summed E-state index contributed by atoms with van der Waals surface area (Å²) in [6, 6.07) is 6.32. The van der Waals surface area contributed by atoms with E-state index in [0.717, 1.165) is 5.56 Å². The van der Waals surface area contributed by atoms with Gasteiger partial charge in [0.15, 0.2) is 5.78 Å². The Morgan fingerprint density at radius 3 is 1.90 bits per heavy atom. The molecule has 0 saturated heterocycles. The number of carbonyl (C=O) groups excluding carboxylic acids is 2. The van der Waals surface area contributed by atoms with Crippen LogP contribution in [0.25, 0.3) is 0 Å². The largest absolute Gasteiger partial charge is 0.466 e. The zero-order valence-corrected chi connectivity index (χ0v) is 19.3. The first-order valence-electron chi connectivity index (χ1n) is 10.7. The molecule has 166 valence electrons. The third-order valence-electron chi connectivity index (χ3n) is 6.20. The van der Waals surface area contributed by atoms with E-state index in [9.17, 15) is 19.7 Å². The average molecular weight is 426 g/mol. The minimum Gasteiger partial charge on any atom is -0.466 e.